The lowest BCUT2D eigenvalue weighted by Crippen LogP contribution is -2.45. The Morgan fingerprint density at radius 2 is 1.96 bits per heavy atom. The third kappa shape index (κ3) is 2.80. The second-order valence-electron chi connectivity index (χ2n) is 7.63. The Balaban J connectivity index is 1.54. The summed E-state index contributed by atoms with van der Waals surface area (Å²) in [7, 11) is 1.95. The van der Waals surface area contributed by atoms with Crippen molar-refractivity contribution >= 4 is 11.7 Å². The number of carbonyl (C=O) groups is 1. The minimum absolute atomic E-state index is 0.117. The van der Waals surface area contributed by atoms with Gasteiger partial charge in [0.25, 0.3) is 0 Å². The van der Waals surface area contributed by atoms with E-state index in [1.54, 1.807) is 6.20 Å². The first-order chi connectivity index (χ1) is 13.2. The van der Waals surface area contributed by atoms with Gasteiger partial charge in [0.2, 0.25) is 11.7 Å². The molecule has 1 amide bonds. The number of hydrogen-bond donors (Lipinski definition) is 0. The molecule has 3 aromatic rings. The highest BCUT2D eigenvalue weighted by molar-refractivity contribution is 5.80. The average molecular weight is 361 g/mol. The molecule has 6 heteroatoms. The molecule has 27 heavy (non-hydrogen) atoms. The highest BCUT2D eigenvalue weighted by Gasteiger charge is 2.39. The molecule has 6 rings (SSSR count). The number of hydrogen-bond acceptors (Lipinski definition) is 4. The van der Waals surface area contributed by atoms with E-state index in [0.717, 1.165) is 55.2 Å². The summed E-state index contributed by atoms with van der Waals surface area (Å²) in [6, 6.07) is 12.5. The van der Waals surface area contributed by atoms with Crippen LogP contribution in [0, 0.1) is 5.92 Å². The minimum atomic E-state index is 0.117. The first kappa shape index (κ1) is 16.4. The Labute approximate surface area is 158 Å². The largest absolute Gasteiger partial charge is 0.341 e. The maximum atomic E-state index is 12.5. The molecule has 0 spiro atoms. The molecular formula is C21H23N5O. The van der Waals surface area contributed by atoms with Crippen LogP contribution < -0.4 is 0 Å². The van der Waals surface area contributed by atoms with Crippen molar-refractivity contribution in [1.29, 1.82) is 0 Å². The van der Waals surface area contributed by atoms with Gasteiger partial charge >= 0.3 is 0 Å². The Bertz CT molecular complexity index is 983. The molecule has 3 aliphatic heterocycles. The van der Waals surface area contributed by atoms with Gasteiger partial charge in [-0.2, -0.15) is 0 Å². The molecule has 0 aliphatic carbocycles. The molecule has 0 N–H and O–H groups in total. The van der Waals surface area contributed by atoms with Gasteiger partial charge < -0.3 is 4.90 Å². The second-order valence-corrected chi connectivity index (χ2v) is 7.63. The van der Waals surface area contributed by atoms with Crippen LogP contribution in [0.2, 0.25) is 0 Å². The van der Waals surface area contributed by atoms with E-state index in [0.29, 0.717) is 11.9 Å². The first-order valence-electron chi connectivity index (χ1n) is 9.57. The second kappa shape index (κ2) is 6.46. The van der Waals surface area contributed by atoms with Crippen LogP contribution in [0.3, 0.4) is 0 Å². The van der Waals surface area contributed by atoms with Gasteiger partial charge in [-0.15, -0.1) is 0 Å². The van der Waals surface area contributed by atoms with Gasteiger partial charge in [0.05, 0.1) is 17.3 Å². The Morgan fingerprint density at radius 3 is 2.81 bits per heavy atom. The molecule has 0 unspecified atom stereocenters. The first-order valence-corrected chi connectivity index (χ1v) is 9.57. The van der Waals surface area contributed by atoms with E-state index in [-0.39, 0.29) is 5.92 Å². The number of likely N-dealkylation sites (N-methyl/N-ethyl adjacent to an activating group) is 1. The Kier molecular flexibility index (Phi) is 3.93. The van der Waals surface area contributed by atoms with E-state index in [4.69, 9.17) is 4.98 Å². The summed E-state index contributed by atoms with van der Waals surface area (Å²) >= 11 is 0. The third-order valence-corrected chi connectivity index (χ3v) is 5.96. The van der Waals surface area contributed by atoms with E-state index >= 15 is 0 Å². The van der Waals surface area contributed by atoms with Crippen LogP contribution in [-0.2, 0) is 11.3 Å². The molecule has 2 atom stereocenters. The molecule has 5 heterocycles. The van der Waals surface area contributed by atoms with Crippen LogP contribution in [-0.4, -0.2) is 56.3 Å². The van der Waals surface area contributed by atoms with Crippen molar-refractivity contribution in [1.82, 2.24) is 24.2 Å². The van der Waals surface area contributed by atoms with Crippen molar-refractivity contribution in [2.45, 2.75) is 25.4 Å². The number of imidazole rings is 1. The molecule has 0 radical (unpaired) electrons. The summed E-state index contributed by atoms with van der Waals surface area (Å²) in [4.78, 5) is 26.2. The highest BCUT2D eigenvalue weighted by atomic mass is 16.2. The summed E-state index contributed by atoms with van der Waals surface area (Å²) in [5, 5.41) is 0. The van der Waals surface area contributed by atoms with E-state index in [1.807, 2.05) is 42.4 Å². The fraction of sp³-hybridized carbons (Fsp3) is 0.381. The van der Waals surface area contributed by atoms with Gasteiger partial charge in [-0.1, -0.05) is 30.3 Å². The molecular weight excluding hydrogens is 338 g/mol. The van der Waals surface area contributed by atoms with Crippen LogP contribution in [0.4, 0.5) is 0 Å². The van der Waals surface area contributed by atoms with E-state index in [9.17, 15) is 4.79 Å². The van der Waals surface area contributed by atoms with E-state index in [1.165, 1.54) is 0 Å². The summed E-state index contributed by atoms with van der Waals surface area (Å²) in [6.07, 6.45) is 5.91. The lowest BCUT2D eigenvalue weighted by molar-refractivity contribution is -0.138. The maximum Gasteiger partial charge on any atom is 0.234 e. The van der Waals surface area contributed by atoms with Crippen LogP contribution in [0.15, 0.2) is 48.8 Å². The lowest BCUT2D eigenvalue weighted by Gasteiger charge is -2.32. The van der Waals surface area contributed by atoms with Crippen LogP contribution in [0.25, 0.3) is 17.0 Å². The number of fused-ring (bicyclic) bond motifs is 5. The molecule has 6 nitrogen and oxygen atoms in total. The third-order valence-electron chi connectivity index (χ3n) is 5.96. The van der Waals surface area contributed by atoms with Crippen molar-refractivity contribution in [3.05, 3.63) is 54.5 Å². The normalized spacial score (nSPS) is 23.1. The minimum Gasteiger partial charge on any atom is -0.341 e. The Hall–Kier alpha value is -2.73. The number of benzene rings is 1. The highest BCUT2D eigenvalue weighted by Crippen LogP contribution is 2.31. The molecule has 3 aliphatic rings. The van der Waals surface area contributed by atoms with E-state index < -0.39 is 0 Å². The summed E-state index contributed by atoms with van der Waals surface area (Å²) in [5.41, 5.74) is 3.22. The molecule has 3 fully saturated rings. The molecule has 2 bridgehead atoms. The smallest absolute Gasteiger partial charge is 0.234 e. The molecule has 2 aromatic heterocycles. The molecule has 0 saturated carbocycles. The predicted octanol–water partition coefficient (Wildman–Crippen LogP) is 2.45. The monoisotopic (exact) mass is 361 g/mol. The van der Waals surface area contributed by atoms with Crippen LogP contribution >= 0.6 is 0 Å². The van der Waals surface area contributed by atoms with Crippen LogP contribution in [0.5, 0.6) is 0 Å². The van der Waals surface area contributed by atoms with Gasteiger partial charge in [0.15, 0.2) is 0 Å². The zero-order chi connectivity index (χ0) is 18.4. The zero-order valence-corrected chi connectivity index (χ0v) is 15.5. The molecule has 138 valence electrons. The standard InChI is InChI=1S/C21H23N5O/c1-24-17-9-8-16(20(24)27)12-25(13-17)14-18-19(15-6-3-2-4-7-15)23-21-22-10-5-11-26(18)21/h2-7,10-11,16-17H,8-9,12-14H2,1H3/t16-,17+/m1/s1. The maximum absolute atomic E-state index is 12.5. The number of carbonyl (C=O) groups excluding carboxylic acids is 1. The number of aromatic nitrogens is 3. The summed E-state index contributed by atoms with van der Waals surface area (Å²) < 4.78 is 2.08. The van der Waals surface area contributed by atoms with Crippen molar-refractivity contribution in [2.24, 2.45) is 5.92 Å². The van der Waals surface area contributed by atoms with Gasteiger partial charge in [-0.3, -0.25) is 14.1 Å². The van der Waals surface area contributed by atoms with Gasteiger partial charge in [-0.05, 0) is 18.9 Å². The van der Waals surface area contributed by atoms with Gasteiger partial charge in [-0.25, -0.2) is 9.97 Å². The topological polar surface area (TPSA) is 53.7 Å². The summed E-state index contributed by atoms with van der Waals surface area (Å²) in [6.45, 7) is 2.51. The predicted molar refractivity (Wildman–Crippen MR) is 103 cm³/mol. The van der Waals surface area contributed by atoms with E-state index in [2.05, 4.69) is 26.4 Å². The van der Waals surface area contributed by atoms with Crippen molar-refractivity contribution < 1.29 is 4.79 Å². The van der Waals surface area contributed by atoms with Gasteiger partial charge in [0.1, 0.15) is 0 Å². The van der Waals surface area contributed by atoms with Crippen molar-refractivity contribution in [3.8, 4) is 11.3 Å². The van der Waals surface area contributed by atoms with Crippen molar-refractivity contribution in [3.63, 3.8) is 0 Å². The summed E-state index contributed by atoms with van der Waals surface area (Å²) in [5.74, 6) is 1.14. The lowest BCUT2D eigenvalue weighted by atomic mass is 9.95. The Morgan fingerprint density at radius 1 is 1.11 bits per heavy atom. The SMILES string of the molecule is CN1C(=O)[C@@H]2CC[C@H]1CN(Cc1c(-c3ccccc3)nc3ncccn13)C2. The molecule has 1 aromatic carbocycles. The number of rotatable bonds is 3. The zero-order valence-electron chi connectivity index (χ0n) is 15.5. The average Bonchev–Trinajstić information content (AvgIpc) is 2.86. The fourth-order valence-electron chi connectivity index (χ4n) is 4.50. The van der Waals surface area contributed by atoms with Crippen LogP contribution in [0.1, 0.15) is 18.5 Å². The fourth-order valence-corrected chi connectivity index (χ4v) is 4.50. The number of nitrogens with zero attached hydrogens (tertiary/aromatic N) is 5. The number of amides is 1. The quantitative estimate of drug-likeness (QED) is 0.719. The van der Waals surface area contributed by atoms with Crippen molar-refractivity contribution in [2.75, 3.05) is 20.1 Å². The molecule has 3 saturated heterocycles. The van der Waals surface area contributed by atoms with Gasteiger partial charge in [0, 0.05) is 50.7 Å². The number of piperidine rings is 1.